The number of hydrogen-bond donors (Lipinski definition) is 0. The van der Waals surface area contributed by atoms with E-state index >= 15 is 0 Å². The third kappa shape index (κ3) is 7.63. The van der Waals surface area contributed by atoms with Crippen LogP contribution in [0.3, 0.4) is 0 Å². The molecule has 1 atom stereocenters. The Kier molecular flexibility index (Phi) is 9.04. The van der Waals surface area contributed by atoms with Crippen molar-refractivity contribution >= 4 is 17.7 Å². The molecule has 5 heteroatoms. The standard InChI is InChI=1S/C32H37NO4/c1-7-36-29(34)27(33-28(24-14-10-8-11-15-24)25-16-12-9-13-17-25)22-23-18-20-26(21-19-23)32(5,6)30(35)37-31(2,3)4/h8-21,27H,7,22H2,1-6H3/t27-/m1/s1. The van der Waals surface area contributed by atoms with E-state index in [-0.39, 0.29) is 18.5 Å². The molecule has 0 spiro atoms. The van der Waals surface area contributed by atoms with Crippen LogP contribution in [-0.2, 0) is 30.9 Å². The van der Waals surface area contributed by atoms with Crippen LogP contribution in [0, 0.1) is 0 Å². The lowest BCUT2D eigenvalue weighted by Crippen LogP contribution is -2.36. The summed E-state index contributed by atoms with van der Waals surface area (Å²) in [6.07, 6.45) is 0.370. The van der Waals surface area contributed by atoms with Crippen molar-refractivity contribution in [2.75, 3.05) is 6.61 Å². The molecule has 0 aliphatic heterocycles. The molecule has 0 saturated heterocycles. The minimum Gasteiger partial charge on any atom is -0.464 e. The second-order valence-electron chi connectivity index (χ2n) is 10.5. The maximum atomic E-state index is 13.0. The van der Waals surface area contributed by atoms with Gasteiger partial charge in [0.15, 0.2) is 6.04 Å². The van der Waals surface area contributed by atoms with Crippen molar-refractivity contribution < 1.29 is 19.1 Å². The number of ether oxygens (including phenoxy) is 2. The monoisotopic (exact) mass is 499 g/mol. The van der Waals surface area contributed by atoms with Gasteiger partial charge in [0.1, 0.15) is 5.60 Å². The van der Waals surface area contributed by atoms with Gasteiger partial charge >= 0.3 is 11.9 Å². The molecule has 0 radical (unpaired) electrons. The lowest BCUT2D eigenvalue weighted by atomic mass is 9.84. The highest BCUT2D eigenvalue weighted by molar-refractivity contribution is 6.13. The second-order valence-corrected chi connectivity index (χ2v) is 10.5. The number of esters is 2. The third-order valence-electron chi connectivity index (χ3n) is 5.95. The fraction of sp³-hybridized carbons (Fsp3) is 0.344. The number of aliphatic imine (C=N–C) groups is 1. The summed E-state index contributed by atoms with van der Waals surface area (Å²) >= 11 is 0. The number of nitrogens with zero attached hydrogens (tertiary/aromatic N) is 1. The van der Waals surface area contributed by atoms with Gasteiger partial charge in [0, 0.05) is 17.5 Å². The van der Waals surface area contributed by atoms with Gasteiger partial charge < -0.3 is 9.47 Å². The Bertz CT molecular complexity index is 1170. The van der Waals surface area contributed by atoms with Gasteiger partial charge in [-0.3, -0.25) is 9.79 Å². The smallest absolute Gasteiger partial charge is 0.331 e. The molecule has 0 aliphatic rings. The summed E-state index contributed by atoms with van der Waals surface area (Å²) in [6, 6.07) is 26.7. The minimum absolute atomic E-state index is 0.278. The normalized spacial score (nSPS) is 12.4. The molecule has 3 rings (SSSR count). The molecule has 0 unspecified atom stereocenters. The van der Waals surface area contributed by atoms with Gasteiger partial charge in [0.2, 0.25) is 0 Å². The Labute approximate surface area is 220 Å². The van der Waals surface area contributed by atoms with E-state index in [1.165, 1.54) is 0 Å². The molecule has 0 saturated carbocycles. The van der Waals surface area contributed by atoms with Gasteiger partial charge in [-0.15, -0.1) is 0 Å². The van der Waals surface area contributed by atoms with E-state index in [9.17, 15) is 9.59 Å². The number of rotatable bonds is 9. The summed E-state index contributed by atoms with van der Waals surface area (Å²) in [7, 11) is 0. The fourth-order valence-corrected chi connectivity index (χ4v) is 3.89. The van der Waals surface area contributed by atoms with Crippen LogP contribution < -0.4 is 0 Å². The van der Waals surface area contributed by atoms with Crippen molar-refractivity contribution in [2.24, 2.45) is 4.99 Å². The average Bonchev–Trinajstić information content (AvgIpc) is 2.87. The molecule has 37 heavy (non-hydrogen) atoms. The van der Waals surface area contributed by atoms with Crippen LogP contribution in [0.1, 0.15) is 63.8 Å². The molecular formula is C32H37NO4. The predicted octanol–water partition coefficient (Wildman–Crippen LogP) is 6.32. The Morgan fingerprint density at radius 1 is 0.784 bits per heavy atom. The average molecular weight is 500 g/mol. The summed E-state index contributed by atoms with van der Waals surface area (Å²) in [5.74, 6) is -0.651. The Morgan fingerprint density at radius 2 is 1.30 bits per heavy atom. The molecule has 0 bridgehead atoms. The lowest BCUT2D eigenvalue weighted by Gasteiger charge is -2.29. The first-order valence-corrected chi connectivity index (χ1v) is 12.7. The number of carbonyl (C=O) groups is 2. The maximum Gasteiger partial charge on any atom is 0.331 e. The van der Waals surface area contributed by atoms with Crippen LogP contribution in [0.5, 0.6) is 0 Å². The predicted molar refractivity (Wildman–Crippen MR) is 148 cm³/mol. The van der Waals surface area contributed by atoms with E-state index in [4.69, 9.17) is 14.5 Å². The molecule has 3 aromatic rings. The van der Waals surface area contributed by atoms with Crippen LogP contribution in [-0.4, -0.2) is 35.9 Å². The second kappa shape index (κ2) is 12.0. The van der Waals surface area contributed by atoms with Crippen molar-refractivity contribution in [1.82, 2.24) is 0 Å². The first-order valence-electron chi connectivity index (χ1n) is 12.7. The summed E-state index contributed by atoms with van der Waals surface area (Å²) in [4.78, 5) is 30.7. The van der Waals surface area contributed by atoms with E-state index in [2.05, 4.69) is 0 Å². The molecule has 0 aliphatic carbocycles. The Balaban J connectivity index is 1.93. The van der Waals surface area contributed by atoms with Crippen LogP contribution in [0.4, 0.5) is 0 Å². The SMILES string of the molecule is CCOC(=O)[C@@H](Cc1ccc(C(C)(C)C(=O)OC(C)(C)C)cc1)N=C(c1ccccc1)c1ccccc1. The Morgan fingerprint density at radius 3 is 1.76 bits per heavy atom. The number of carbonyl (C=O) groups excluding carboxylic acids is 2. The van der Waals surface area contributed by atoms with E-state index < -0.39 is 17.1 Å². The van der Waals surface area contributed by atoms with Gasteiger partial charge in [-0.05, 0) is 52.7 Å². The zero-order valence-corrected chi connectivity index (χ0v) is 22.7. The minimum atomic E-state index is -0.807. The number of benzene rings is 3. The quantitative estimate of drug-likeness (QED) is 0.255. The summed E-state index contributed by atoms with van der Waals surface area (Å²) in [6.45, 7) is 11.4. The maximum absolute atomic E-state index is 13.0. The van der Waals surface area contributed by atoms with Gasteiger partial charge in [-0.1, -0.05) is 84.9 Å². The van der Waals surface area contributed by atoms with Gasteiger partial charge in [-0.2, -0.15) is 0 Å². The first kappa shape index (κ1) is 27.9. The zero-order chi connectivity index (χ0) is 27.1. The highest BCUT2D eigenvalue weighted by atomic mass is 16.6. The van der Waals surface area contributed by atoms with Crippen LogP contribution in [0.25, 0.3) is 0 Å². The molecule has 0 amide bonds. The molecule has 3 aromatic carbocycles. The summed E-state index contributed by atoms with van der Waals surface area (Å²) in [5, 5.41) is 0. The largest absolute Gasteiger partial charge is 0.464 e. The molecule has 0 aromatic heterocycles. The Hall–Kier alpha value is -3.73. The number of hydrogen-bond acceptors (Lipinski definition) is 5. The highest BCUT2D eigenvalue weighted by Crippen LogP contribution is 2.28. The van der Waals surface area contributed by atoms with E-state index in [1.54, 1.807) is 6.92 Å². The molecule has 5 nitrogen and oxygen atoms in total. The van der Waals surface area contributed by atoms with E-state index in [1.807, 2.05) is 120 Å². The van der Waals surface area contributed by atoms with Gasteiger partial charge in [0.05, 0.1) is 17.7 Å². The lowest BCUT2D eigenvalue weighted by molar-refractivity contribution is -0.160. The zero-order valence-electron chi connectivity index (χ0n) is 22.7. The highest BCUT2D eigenvalue weighted by Gasteiger charge is 2.34. The molecule has 0 N–H and O–H groups in total. The van der Waals surface area contributed by atoms with Crippen molar-refractivity contribution in [3.63, 3.8) is 0 Å². The third-order valence-corrected chi connectivity index (χ3v) is 5.95. The first-order chi connectivity index (χ1) is 17.5. The fourth-order valence-electron chi connectivity index (χ4n) is 3.89. The van der Waals surface area contributed by atoms with Crippen molar-refractivity contribution in [1.29, 1.82) is 0 Å². The molecule has 0 heterocycles. The van der Waals surface area contributed by atoms with Crippen LogP contribution in [0.2, 0.25) is 0 Å². The van der Waals surface area contributed by atoms with Crippen molar-refractivity contribution in [3.8, 4) is 0 Å². The van der Waals surface area contributed by atoms with E-state index in [0.29, 0.717) is 6.42 Å². The summed E-state index contributed by atoms with van der Waals surface area (Å²) < 4.78 is 11.0. The van der Waals surface area contributed by atoms with Gasteiger partial charge in [0.25, 0.3) is 0 Å². The van der Waals surface area contributed by atoms with E-state index in [0.717, 1.165) is 28.0 Å². The molecule has 0 fully saturated rings. The summed E-state index contributed by atoms with van der Waals surface area (Å²) in [5.41, 5.74) is 2.99. The van der Waals surface area contributed by atoms with Crippen molar-refractivity contribution in [2.45, 2.75) is 65.0 Å². The molecule has 194 valence electrons. The molecular weight excluding hydrogens is 462 g/mol. The van der Waals surface area contributed by atoms with Crippen molar-refractivity contribution in [3.05, 3.63) is 107 Å². The van der Waals surface area contributed by atoms with Gasteiger partial charge in [-0.25, -0.2) is 4.79 Å². The topological polar surface area (TPSA) is 65.0 Å². The van der Waals surface area contributed by atoms with Crippen LogP contribution in [0.15, 0.2) is 89.9 Å². The van der Waals surface area contributed by atoms with Crippen LogP contribution >= 0.6 is 0 Å².